The standard InChI is InChI=1S/C22H30N2O6/c1-21(2)13-10-22(3,11-15(13)25)20(21)30-19(29)17(12-7-5-4-6-8-12)24-18(28)14(23)9-16(26)27/h4-8,13-15,17,20,25H,9-11,23H2,1-3H3,(H,24,28)(H,26,27)/t13?,14-,15+,17+,20+,22-/m0/s1. The number of carbonyl (C=O) groups is 3. The predicted molar refractivity (Wildman–Crippen MR) is 108 cm³/mol. The smallest absolute Gasteiger partial charge is 0.333 e. The van der Waals surface area contributed by atoms with Crippen LogP contribution in [0.25, 0.3) is 0 Å². The first-order valence-corrected chi connectivity index (χ1v) is 10.2. The number of fused-ring (bicyclic) bond motifs is 2. The zero-order valence-electron chi connectivity index (χ0n) is 17.5. The number of carbonyl (C=O) groups excluding carboxylic acids is 2. The van der Waals surface area contributed by atoms with Crippen molar-refractivity contribution in [2.45, 2.75) is 64.3 Å². The van der Waals surface area contributed by atoms with Crippen LogP contribution in [0.3, 0.4) is 0 Å². The molecule has 2 aliphatic carbocycles. The van der Waals surface area contributed by atoms with Crippen molar-refractivity contribution in [2.75, 3.05) is 0 Å². The molecule has 8 heteroatoms. The number of rotatable bonds is 7. The molecule has 1 aromatic rings. The van der Waals surface area contributed by atoms with Gasteiger partial charge in [-0.15, -0.1) is 0 Å². The summed E-state index contributed by atoms with van der Waals surface area (Å²) in [6.45, 7) is 5.99. The third-order valence-electron chi connectivity index (χ3n) is 6.71. The summed E-state index contributed by atoms with van der Waals surface area (Å²) < 4.78 is 5.97. The summed E-state index contributed by atoms with van der Waals surface area (Å²) in [5.41, 5.74) is 5.43. The van der Waals surface area contributed by atoms with E-state index in [1.807, 2.05) is 20.8 Å². The van der Waals surface area contributed by atoms with Crippen LogP contribution in [-0.2, 0) is 19.1 Å². The monoisotopic (exact) mass is 418 g/mol. The molecule has 2 fully saturated rings. The number of amides is 1. The Hall–Kier alpha value is -2.45. The highest BCUT2D eigenvalue weighted by Crippen LogP contribution is 2.63. The topological polar surface area (TPSA) is 139 Å². The van der Waals surface area contributed by atoms with Crippen molar-refractivity contribution in [3.8, 4) is 0 Å². The van der Waals surface area contributed by atoms with Gasteiger partial charge in [-0.3, -0.25) is 9.59 Å². The number of nitrogens with two attached hydrogens (primary N) is 1. The van der Waals surface area contributed by atoms with E-state index in [-0.39, 0.29) is 11.3 Å². The van der Waals surface area contributed by atoms with Crippen LogP contribution in [-0.4, -0.2) is 46.3 Å². The lowest BCUT2D eigenvalue weighted by atomic mass is 9.69. The fourth-order valence-corrected chi connectivity index (χ4v) is 5.34. The zero-order valence-corrected chi connectivity index (χ0v) is 17.5. The number of esters is 1. The Kier molecular flexibility index (Phi) is 5.93. The van der Waals surface area contributed by atoms with Gasteiger partial charge in [-0.25, -0.2) is 4.79 Å². The lowest BCUT2D eigenvalue weighted by Gasteiger charge is -2.44. The fourth-order valence-electron chi connectivity index (χ4n) is 5.34. The van der Waals surface area contributed by atoms with Crippen molar-refractivity contribution in [1.29, 1.82) is 0 Å². The Morgan fingerprint density at radius 2 is 1.83 bits per heavy atom. The van der Waals surface area contributed by atoms with Crippen molar-refractivity contribution in [3.05, 3.63) is 35.9 Å². The van der Waals surface area contributed by atoms with Crippen LogP contribution in [0.4, 0.5) is 0 Å². The quantitative estimate of drug-likeness (QED) is 0.491. The van der Waals surface area contributed by atoms with Crippen LogP contribution >= 0.6 is 0 Å². The number of hydrogen-bond acceptors (Lipinski definition) is 6. The molecule has 0 aromatic heterocycles. The fraction of sp³-hybridized carbons (Fsp3) is 0.591. The highest BCUT2D eigenvalue weighted by molar-refractivity contribution is 5.90. The molecule has 1 amide bonds. The van der Waals surface area contributed by atoms with E-state index in [9.17, 15) is 19.5 Å². The molecule has 3 rings (SSSR count). The average Bonchev–Trinajstić information content (AvgIpc) is 3.08. The number of aliphatic hydroxyl groups is 1. The van der Waals surface area contributed by atoms with Gasteiger partial charge in [-0.1, -0.05) is 51.1 Å². The molecule has 0 spiro atoms. The van der Waals surface area contributed by atoms with Gasteiger partial charge in [0.15, 0.2) is 6.04 Å². The summed E-state index contributed by atoms with van der Waals surface area (Å²) in [6, 6.07) is 6.23. The van der Waals surface area contributed by atoms with Crippen molar-refractivity contribution in [3.63, 3.8) is 0 Å². The number of carboxylic acid groups (broad SMARTS) is 1. The summed E-state index contributed by atoms with van der Waals surface area (Å²) in [4.78, 5) is 36.5. The Bertz CT molecular complexity index is 821. The Balaban J connectivity index is 1.81. The van der Waals surface area contributed by atoms with Gasteiger partial charge in [0.05, 0.1) is 18.6 Å². The number of benzene rings is 1. The maximum Gasteiger partial charge on any atom is 0.333 e. The molecule has 6 atom stereocenters. The van der Waals surface area contributed by atoms with Gasteiger partial charge in [0.25, 0.3) is 0 Å². The maximum atomic E-state index is 13.2. The number of ether oxygens (including phenoxy) is 1. The van der Waals surface area contributed by atoms with E-state index >= 15 is 0 Å². The second kappa shape index (κ2) is 8.00. The molecule has 1 aromatic carbocycles. The lowest BCUT2D eigenvalue weighted by Crippen LogP contribution is -2.50. The molecule has 2 saturated carbocycles. The van der Waals surface area contributed by atoms with E-state index in [0.29, 0.717) is 12.0 Å². The summed E-state index contributed by atoms with van der Waals surface area (Å²) >= 11 is 0. The van der Waals surface area contributed by atoms with Crippen LogP contribution in [0, 0.1) is 16.7 Å². The van der Waals surface area contributed by atoms with Crippen LogP contribution in [0.5, 0.6) is 0 Å². The van der Waals surface area contributed by atoms with E-state index < -0.39 is 54.0 Å². The normalized spacial score (nSPS) is 31.0. The number of aliphatic carboxylic acids is 1. The molecule has 8 nitrogen and oxygen atoms in total. The highest BCUT2D eigenvalue weighted by atomic mass is 16.5. The molecule has 30 heavy (non-hydrogen) atoms. The van der Waals surface area contributed by atoms with Crippen LogP contribution in [0.2, 0.25) is 0 Å². The number of hydrogen-bond donors (Lipinski definition) is 4. The second-order valence-electron chi connectivity index (χ2n) is 9.43. The first kappa shape index (κ1) is 22.2. The minimum Gasteiger partial charge on any atom is -0.481 e. The Labute approximate surface area is 175 Å². The molecule has 2 aliphatic rings. The van der Waals surface area contributed by atoms with Crippen molar-refractivity contribution in [1.82, 2.24) is 5.32 Å². The maximum absolute atomic E-state index is 13.2. The van der Waals surface area contributed by atoms with E-state index in [0.717, 1.165) is 6.42 Å². The summed E-state index contributed by atoms with van der Waals surface area (Å²) in [5, 5.41) is 21.8. The molecule has 164 valence electrons. The van der Waals surface area contributed by atoms with Crippen LogP contribution in [0.15, 0.2) is 30.3 Å². The molecular weight excluding hydrogens is 388 g/mol. The van der Waals surface area contributed by atoms with Gasteiger partial charge in [0, 0.05) is 10.8 Å². The minimum atomic E-state index is -1.28. The lowest BCUT2D eigenvalue weighted by molar-refractivity contribution is -0.172. The van der Waals surface area contributed by atoms with Gasteiger partial charge in [0.1, 0.15) is 6.10 Å². The predicted octanol–water partition coefficient (Wildman–Crippen LogP) is 1.37. The van der Waals surface area contributed by atoms with E-state index in [2.05, 4.69) is 5.32 Å². The average molecular weight is 418 g/mol. The largest absolute Gasteiger partial charge is 0.481 e. The molecule has 0 heterocycles. The zero-order chi connectivity index (χ0) is 22.3. The molecule has 1 unspecified atom stereocenters. The summed E-state index contributed by atoms with van der Waals surface area (Å²) in [5.74, 6) is -2.53. The minimum absolute atomic E-state index is 0.0362. The second-order valence-corrected chi connectivity index (χ2v) is 9.43. The number of nitrogens with one attached hydrogen (secondary N) is 1. The summed E-state index contributed by atoms with van der Waals surface area (Å²) in [7, 11) is 0. The van der Waals surface area contributed by atoms with Gasteiger partial charge < -0.3 is 26.0 Å². The van der Waals surface area contributed by atoms with Crippen LogP contribution < -0.4 is 11.1 Å². The van der Waals surface area contributed by atoms with E-state index in [4.69, 9.17) is 15.6 Å². The first-order chi connectivity index (χ1) is 14.0. The first-order valence-electron chi connectivity index (χ1n) is 10.2. The molecule has 0 radical (unpaired) electrons. The van der Waals surface area contributed by atoms with Crippen molar-refractivity contribution in [2.24, 2.45) is 22.5 Å². The van der Waals surface area contributed by atoms with Gasteiger partial charge in [0.2, 0.25) is 5.91 Å². The third kappa shape index (κ3) is 4.06. The Morgan fingerprint density at radius 3 is 2.37 bits per heavy atom. The van der Waals surface area contributed by atoms with Crippen molar-refractivity contribution < 1.29 is 29.3 Å². The third-order valence-corrected chi connectivity index (χ3v) is 6.71. The van der Waals surface area contributed by atoms with Gasteiger partial charge in [-0.05, 0) is 24.3 Å². The summed E-state index contributed by atoms with van der Waals surface area (Å²) in [6.07, 6.45) is -0.0498. The van der Waals surface area contributed by atoms with Gasteiger partial charge in [-0.2, -0.15) is 0 Å². The molecule has 5 N–H and O–H groups in total. The molecule has 0 aliphatic heterocycles. The molecule has 2 bridgehead atoms. The molecule has 0 saturated heterocycles. The van der Waals surface area contributed by atoms with Crippen LogP contribution in [0.1, 0.15) is 51.6 Å². The van der Waals surface area contributed by atoms with Crippen molar-refractivity contribution >= 4 is 17.8 Å². The van der Waals surface area contributed by atoms with Gasteiger partial charge >= 0.3 is 11.9 Å². The Morgan fingerprint density at radius 1 is 1.20 bits per heavy atom. The highest BCUT2D eigenvalue weighted by Gasteiger charge is 2.65. The van der Waals surface area contributed by atoms with E-state index in [1.165, 1.54) is 0 Å². The number of aliphatic hydroxyl groups excluding tert-OH is 1. The number of carboxylic acids is 1. The molecular formula is C22H30N2O6. The SMILES string of the molecule is CC1(C)C2C[C@@](C)(C[C@H]2O)[C@@H]1OC(=O)[C@H](NC(=O)[C@@H](N)CC(=O)O)c1ccccc1. The van der Waals surface area contributed by atoms with E-state index in [1.54, 1.807) is 30.3 Å².